The third-order valence-corrected chi connectivity index (χ3v) is 1.25. The molecule has 0 aliphatic carbocycles. The van der Waals surface area contributed by atoms with Crippen molar-refractivity contribution in [1.82, 2.24) is 10.2 Å². The van der Waals surface area contributed by atoms with Crippen molar-refractivity contribution in [2.75, 3.05) is 6.54 Å². The average molecular weight is 153 g/mol. The predicted molar refractivity (Wildman–Crippen MR) is 41.8 cm³/mol. The minimum absolute atomic E-state index is 0.469. The fraction of sp³-hybridized carbons (Fsp3) is 0.429. The van der Waals surface area contributed by atoms with Gasteiger partial charge in [-0.15, -0.1) is 10.2 Å². The fourth-order valence-corrected chi connectivity index (χ4v) is 0.703. The summed E-state index contributed by atoms with van der Waals surface area (Å²) in [5.41, 5.74) is 5.31. The van der Waals surface area contributed by atoms with Gasteiger partial charge in [0.2, 0.25) is 11.8 Å². The lowest BCUT2D eigenvalue weighted by Gasteiger charge is -1.88. The maximum Gasteiger partial charge on any atom is 0.239 e. The molecule has 2 N–H and O–H groups in total. The van der Waals surface area contributed by atoms with Crippen molar-refractivity contribution in [2.45, 2.75) is 12.8 Å². The van der Waals surface area contributed by atoms with E-state index in [0.29, 0.717) is 18.3 Å². The highest BCUT2D eigenvalue weighted by Crippen LogP contribution is 2.02. The van der Waals surface area contributed by atoms with Gasteiger partial charge in [0.15, 0.2) is 0 Å². The highest BCUT2D eigenvalue weighted by atomic mass is 16.4. The summed E-state index contributed by atoms with van der Waals surface area (Å²) in [6.07, 6.45) is 3.15. The lowest BCUT2D eigenvalue weighted by molar-refractivity contribution is 0.480. The van der Waals surface area contributed by atoms with Gasteiger partial charge in [-0.2, -0.15) is 0 Å². The van der Waals surface area contributed by atoms with Crippen LogP contribution in [0.25, 0.3) is 6.08 Å². The molecule has 0 aromatic carbocycles. The molecule has 0 fully saturated rings. The third-order valence-electron chi connectivity index (χ3n) is 1.25. The zero-order chi connectivity index (χ0) is 8.10. The Kier molecular flexibility index (Phi) is 2.80. The average Bonchev–Trinajstić information content (AvgIpc) is 2.48. The molecule has 0 radical (unpaired) electrons. The molecule has 4 nitrogen and oxygen atoms in total. The topological polar surface area (TPSA) is 64.9 Å². The van der Waals surface area contributed by atoms with E-state index in [2.05, 4.69) is 16.8 Å². The van der Waals surface area contributed by atoms with Gasteiger partial charge in [-0.3, -0.25) is 0 Å². The molecule has 0 saturated heterocycles. The molecule has 0 aliphatic heterocycles. The molecule has 1 heterocycles. The van der Waals surface area contributed by atoms with Crippen molar-refractivity contribution in [3.05, 3.63) is 18.4 Å². The zero-order valence-corrected chi connectivity index (χ0v) is 6.29. The van der Waals surface area contributed by atoms with Gasteiger partial charge >= 0.3 is 0 Å². The number of hydrogen-bond acceptors (Lipinski definition) is 4. The zero-order valence-electron chi connectivity index (χ0n) is 6.29. The molecule has 60 valence electrons. The van der Waals surface area contributed by atoms with Crippen molar-refractivity contribution in [1.29, 1.82) is 0 Å². The molecule has 0 unspecified atom stereocenters. The number of hydrogen-bond donors (Lipinski definition) is 1. The Morgan fingerprint density at radius 2 is 2.36 bits per heavy atom. The van der Waals surface area contributed by atoms with Crippen LogP contribution in [0.4, 0.5) is 0 Å². The second-order valence-corrected chi connectivity index (χ2v) is 2.13. The lowest BCUT2D eigenvalue weighted by Crippen LogP contribution is -2.00. The highest BCUT2D eigenvalue weighted by Gasteiger charge is 2.00. The predicted octanol–water partition coefficient (Wildman–Crippen LogP) is 0.604. The minimum Gasteiger partial charge on any atom is -0.421 e. The van der Waals surface area contributed by atoms with E-state index in [1.165, 1.54) is 6.08 Å². The van der Waals surface area contributed by atoms with Crippen molar-refractivity contribution in [3.63, 3.8) is 0 Å². The summed E-state index contributed by atoms with van der Waals surface area (Å²) in [5, 5.41) is 7.49. The van der Waals surface area contributed by atoms with E-state index in [9.17, 15) is 0 Å². The lowest BCUT2D eigenvalue weighted by atomic mass is 10.3. The maximum absolute atomic E-state index is 5.31. The molecular formula is C7H11N3O. The fourth-order valence-electron chi connectivity index (χ4n) is 0.703. The molecule has 4 heteroatoms. The van der Waals surface area contributed by atoms with Gasteiger partial charge in [0, 0.05) is 6.42 Å². The molecule has 0 bridgehead atoms. The van der Waals surface area contributed by atoms with Gasteiger partial charge in [-0.1, -0.05) is 6.58 Å². The monoisotopic (exact) mass is 153 g/mol. The van der Waals surface area contributed by atoms with E-state index in [1.54, 1.807) is 0 Å². The van der Waals surface area contributed by atoms with Gasteiger partial charge in [0.05, 0.1) is 0 Å². The highest BCUT2D eigenvalue weighted by molar-refractivity contribution is 5.32. The van der Waals surface area contributed by atoms with Crippen LogP contribution in [0.15, 0.2) is 11.0 Å². The van der Waals surface area contributed by atoms with Crippen molar-refractivity contribution in [3.8, 4) is 0 Å². The van der Waals surface area contributed by atoms with Crippen LogP contribution in [0.3, 0.4) is 0 Å². The van der Waals surface area contributed by atoms with Crippen LogP contribution in [0.1, 0.15) is 18.2 Å². The smallest absolute Gasteiger partial charge is 0.239 e. The number of nitrogens with two attached hydrogens (primary N) is 1. The first-order valence-corrected chi connectivity index (χ1v) is 3.51. The summed E-state index contributed by atoms with van der Waals surface area (Å²) >= 11 is 0. The van der Waals surface area contributed by atoms with E-state index < -0.39 is 0 Å². The van der Waals surface area contributed by atoms with Gasteiger partial charge < -0.3 is 10.2 Å². The quantitative estimate of drug-likeness (QED) is 0.688. The van der Waals surface area contributed by atoms with E-state index >= 15 is 0 Å². The van der Waals surface area contributed by atoms with Crippen molar-refractivity contribution < 1.29 is 4.42 Å². The number of nitrogens with zero attached hydrogens (tertiary/aromatic N) is 2. The molecule has 0 saturated carbocycles. The van der Waals surface area contributed by atoms with Gasteiger partial charge in [-0.05, 0) is 19.0 Å². The minimum atomic E-state index is 0.469. The Bertz CT molecular complexity index is 231. The molecular weight excluding hydrogens is 142 g/mol. The number of rotatable bonds is 4. The molecule has 1 rings (SSSR count). The van der Waals surface area contributed by atoms with Crippen LogP contribution in [0.2, 0.25) is 0 Å². The maximum atomic E-state index is 5.31. The van der Waals surface area contributed by atoms with Crippen LogP contribution in [-0.2, 0) is 6.42 Å². The molecule has 0 atom stereocenters. The van der Waals surface area contributed by atoms with Gasteiger partial charge in [0.1, 0.15) is 0 Å². The van der Waals surface area contributed by atoms with Crippen molar-refractivity contribution in [2.24, 2.45) is 5.73 Å². The Hall–Kier alpha value is -1.16. The molecule has 1 aromatic heterocycles. The second kappa shape index (κ2) is 3.88. The molecule has 0 spiro atoms. The summed E-state index contributed by atoms with van der Waals surface area (Å²) in [5.74, 6) is 1.10. The second-order valence-electron chi connectivity index (χ2n) is 2.13. The summed E-state index contributed by atoms with van der Waals surface area (Å²) < 4.78 is 5.14. The number of aromatic nitrogens is 2. The normalized spacial score (nSPS) is 9.91. The van der Waals surface area contributed by atoms with Crippen LogP contribution >= 0.6 is 0 Å². The molecule has 0 amide bonds. The Morgan fingerprint density at radius 1 is 1.55 bits per heavy atom. The Morgan fingerprint density at radius 3 is 2.91 bits per heavy atom. The van der Waals surface area contributed by atoms with Crippen LogP contribution in [0, 0.1) is 0 Å². The first-order valence-electron chi connectivity index (χ1n) is 3.51. The van der Waals surface area contributed by atoms with Gasteiger partial charge in [0.25, 0.3) is 0 Å². The van der Waals surface area contributed by atoms with E-state index in [4.69, 9.17) is 10.2 Å². The van der Waals surface area contributed by atoms with Gasteiger partial charge in [-0.25, -0.2) is 0 Å². The standard InChI is InChI=1S/C7H11N3O/c1-2-6-9-10-7(11-6)4-3-5-8/h2H,1,3-5,8H2. The van der Waals surface area contributed by atoms with E-state index in [1.807, 2.05) is 0 Å². The summed E-state index contributed by atoms with van der Waals surface area (Å²) in [6, 6.07) is 0. The summed E-state index contributed by atoms with van der Waals surface area (Å²) in [7, 11) is 0. The first-order chi connectivity index (χ1) is 5.36. The number of aryl methyl sites for hydroxylation is 1. The summed E-state index contributed by atoms with van der Waals surface area (Å²) in [4.78, 5) is 0. The molecule has 11 heavy (non-hydrogen) atoms. The van der Waals surface area contributed by atoms with Crippen LogP contribution in [0.5, 0.6) is 0 Å². The first kappa shape index (κ1) is 7.94. The van der Waals surface area contributed by atoms with E-state index in [0.717, 1.165) is 12.8 Å². The van der Waals surface area contributed by atoms with Crippen LogP contribution in [-0.4, -0.2) is 16.7 Å². The van der Waals surface area contributed by atoms with Crippen molar-refractivity contribution >= 4 is 6.08 Å². The van der Waals surface area contributed by atoms with Crippen LogP contribution < -0.4 is 5.73 Å². The SMILES string of the molecule is C=Cc1nnc(CCCN)o1. The summed E-state index contributed by atoms with van der Waals surface area (Å²) in [6.45, 7) is 4.15. The van der Waals surface area contributed by atoms with E-state index in [-0.39, 0.29) is 0 Å². The largest absolute Gasteiger partial charge is 0.421 e. The Balaban J connectivity index is 2.51. The third kappa shape index (κ3) is 2.16. The Labute approximate surface area is 65.1 Å². The molecule has 1 aromatic rings. The molecule has 0 aliphatic rings.